The van der Waals surface area contributed by atoms with Crippen LogP contribution in [0.25, 0.3) is 0 Å². The normalized spacial score (nSPS) is 11.9. The Bertz CT molecular complexity index is 1730. The number of non-ortho nitro benzene ring substituents is 1. The van der Waals surface area contributed by atoms with Gasteiger partial charge in [0.25, 0.3) is 15.7 Å². The predicted molar refractivity (Wildman–Crippen MR) is 173 cm³/mol. The summed E-state index contributed by atoms with van der Waals surface area (Å²) in [6.07, 6.45) is 0.194. The lowest BCUT2D eigenvalue weighted by atomic mass is 10.0. The molecule has 0 saturated heterocycles. The Kier molecular flexibility index (Phi) is 10.7. The minimum absolute atomic E-state index is 0.0447. The van der Waals surface area contributed by atoms with Crippen molar-refractivity contribution in [1.29, 1.82) is 0 Å². The zero-order valence-electron chi connectivity index (χ0n) is 25.4. The molecule has 4 rings (SSSR count). The molecule has 11 heteroatoms. The van der Waals surface area contributed by atoms with Gasteiger partial charge in [0.2, 0.25) is 11.8 Å². The van der Waals surface area contributed by atoms with Crippen molar-refractivity contribution in [2.45, 2.75) is 50.7 Å². The third-order valence-corrected chi connectivity index (χ3v) is 8.88. The molecule has 0 heterocycles. The zero-order chi connectivity index (χ0) is 32.6. The number of hydrogen-bond acceptors (Lipinski definition) is 6. The van der Waals surface area contributed by atoms with E-state index in [0.29, 0.717) is 0 Å². The Morgan fingerprint density at radius 3 is 2.02 bits per heavy atom. The van der Waals surface area contributed by atoms with Gasteiger partial charge in [-0.25, -0.2) is 8.42 Å². The van der Waals surface area contributed by atoms with Crippen LogP contribution in [0.15, 0.2) is 114 Å². The van der Waals surface area contributed by atoms with Gasteiger partial charge in [-0.1, -0.05) is 78.4 Å². The Morgan fingerprint density at radius 1 is 0.844 bits per heavy atom. The highest BCUT2D eigenvalue weighted by Crippen LogP contribution is 2.27. The van der Waals surface area contributed by atoms with Crippen LogP contribution in [0.4, 0.5) is 11.4 Å². The van der Waals surface area contributed by atoms with Crippen LogP contribution >= 0.6 is 0 Å². The van der Waals surface area contributed by atoms with Crippen molar-refractivity contribution in [2.24, 2.45) is 0 Å². The number of nitrogens with one attached hydrogen (secondary N) is 1. The number of aryl methyl sites for hydroxylation is 1. The topological polar surface area (TPSA) is 130 Å². The molecule has 0 aliphatic heterocycles. The fourth-order valence-corrected chi connectivity index (χ4v) is 6.37. The Hall–Kier alpha value is -5.03. The van der Waals surface area contributed by atoms with Gasteiger partial charge in [-0.2, -0.15) is 0 Å². The number of amides is 2. The van der Waals surface area contributed by atoms with Gasteiger partial charge in [0, 0.05) is 31.1 Å². The van der Waals surface area contributed by atoms with Crippen molar-refractivity contribution < 1.29 is 22.9 Å². The average Bonchev–Trinajstić information content (AvgIpc) is 3.02. The van der Waals surface area contributed by atoms with Crippen molar-refractivity contribution in [2.75, 3.05) is 10.8 Å². The van der Waals surface area contributed by atoms with E-state index in [-0.39, 0.29) is 41.2 Å². The molecule has 2 amide bonds. The molecule has 0 bridgehead atoms. The van der Waals surface area contributed by atoms with Gasteiger partial charge in [0.15, 0.2) is 0 Å². The summed E-state index contributed by atoms with van der Waals surface area (Å²) in [7, 11) is -4.30. The molecule has 0 fully saturated rings. The van der Waals surface area contributed by atoms with Crippen LogP contribution in [-0.2, 0) is 32.6 Å². The van der Waals surface area contributed by atoms with E-state index in [1.165, 1.54) is 41.3 Å². The average molecular weight is 629 g/mol. The van der Waals surface area contributed by atoms with Gasteiger partial charge in [-0.15, -0.1) is 0 Å². The number of anilines is 1. The number of sulfonamides is 1. The monoisotopic (exact) mass is 628 g/mol. The van der Waals surface area contributed by atoms with Gasteiger partial charge in [0.05, 0.1) is 15.5 Å². The number of carbonyl (C=O) groups excluding carboxylic acids is 2. The molecule has 0 aliphatic rings. The predicted octanol–water partition coefficient (Wildman–Crippen LogP) is 5.26. The highest BCUT2D eigenvalue weighted by Gasteiger charge is 2.35. The minimum atomic E-state index is -4.30. The number of nitro groups is 1. The Labute approximate surface area is 263 Å². The highest BCUT2D eigenvalue weighted by molar-refractivity contribution is 7.92. The molecule has 0 aromatic heterocycles. The van der Waals surface area contributed by atoms with Gasteiger partial charge < -0.3 is 10.2 Å². The molecule has 0 aliphatic carbocycles. The molecule has 0 saturated carbocycles. The SMILES string of the molecule is Cc1cccc(CN(C(=O)CN(c2ccc([N+](=O)[O-])cc2)S(=O)(=O)c2ccccc2)C(Cc2ccccc2)C(=O)NC(C)C)c1. The first-order valence-corrected chi connectivity index (χ1v) is 15.9. The van der Waals surface area contributed by atoms with Crippen LogP contribution in [0, 0.1) is 17.0 Å². The molecule has 4 aromatic rings. The van der Waals surface area contributed by atoms with Crippen LogP contribution in [-0.4, -0.2) is 48.7 Å². The van der Waals surface area contributed by atoms with Crippen LogP contribution < -0.4 is 9.62 Å². The van der Waals surface area contributed by atoms with Crippen LogP contribution in [0.3, 0.4) is 0 Å². The maximum atomic E-state index is 14.4. The summed E-state index contributed by atoms with van der Waals surface area (Å²) in [5, 5.41) is 14.2. The molecular formula is C34H36N4O6S. The lowest BCUT2D eigenvalue weighted by Gasteiger charge is -2.34. The van der Waals surface area contributed by atoms with E-state index >= 15 is 0 Å². The summed E-state index contributed by atoms with van der Waals surface area (Å²) in [6.45, 7) is 4.97. The van der Waals surface area contributed by atoms with Crippen molar-refractivity contribution >= 4 is 33.2 Å². The van der Waals surface area contributed by atoms with E-state index in [1.54, 1.807) is 18.2 Å². The number of nitro benzene ring substituents is 1. The number of hydrogen-bond donors (Lipinski definition) is 1. The zero-order valence-corrected chi connectivity index (χ0v) is 26.2. The molecule has 10 nitrogen and oxygen atoms in total. The molecule has 0 radical (unpaired) electrons. The first-order chi connectivity index (χ1) is 21.5. The summed E-state index contributed by atoms with van der Waals surface area (Å²) in [6, 6.07) is 28.3. The number of rotatable bonds is 13. The van der Waals surface area contributed by atoms with E-state index in [2.05, 4.69) is 5.32 Å². The lowest BCUT2D eigenvalue weighted by molar-refractivity contribution is -0.384. The molecule has 0 spiro atoms. The third-order valence-electron chi connectivity index (χ3n) is 7.10. The van der Waals surface area contributed by atoms with E-state index < -0.39 is 33.4 Å². The fraction of sp³-hybridized carbons (Fsp3) is 0.235. The molecule has 234 valence electrons. The second kappa shape index (κ2) is 14.6. The first-order valence-electron chi connectivity index (χ1n) is 14.5. The van der Waals surface area contributed by atoms with E-state index in [1.807, 2.05) is 75.4 Å². The summed E-state index contributed by atoms with van der Waals surface area (Å²) in [5.74, 6) is -0.989. The fourth-order valence-electron chi connectivity index (χ4n) is 4.93. The Morgan fingerprint density at radius 2 is 1.44 bits per heavy atom. The summed E-state index contributed by atoms with van der Waals surface area (Å²) in [5.41, 5.74) is 2.40. The number of nitrogens with zero attached hydrogens (tertiary/aromatic N) is 3. The summed E-state index contributed by atoms with van der Waals surface area (Å²) < 4.78 is 28.9. The van der Waals surface area contributed by atoms with Gasteiger partial charge in [0.1, 0.15) is 12.6 Å². The number of benzene rings is 4. The first kappa shape index (κ1) is 32.9. The molecule has 1 atom stereocenters. The molecule has 1 N–H and O–H groups in total. The Balaban J connectivity index is 1.81. The van der Waals surface area contributed by atoms with Crippen LogP contribution in [0.1, 0.15) is 30.5 Å². The van der Waals surface area contributed by atoms with Crippen molar-refractivity contribution in [3.05, 3.63) is 136 Å². The van der Waals surface area contributed by atoms with E-state index in [0.717, 1.165) is 21.0 Å². The van der Waals surface area contributed by atoms with E-state index in [9.17, 15) is 28.1 Å². The number of carbonyl (C=O) groups is 2. The molecule has 45 heavy (non-hydrogen) atoms. The second-order valence-corrected chi connectivity index (χ2v) is 12.8. The maximum Gasteiger partial charge on any atom is 0.269 e. The molecule has 1 unspecified atom stereocenters. The quantitative estimate of drug-likeness (QED) is 0.159. The van der Waals surface area contributed by atoms with Crippen molar-refractivity contribution in [3.8, 4) is 0 Å². The molecular weight excluding hydrogens is 592 g/mol. The molecule has 4 aromatic carbocycles. The minimum Gasteiger partial charge on any atom is -0.352 e. The standard InChI is InChI=1S/C34H36N4O6S/c1-25(2)35-34(40)32(22-27-12-6-4-7-13-27)36(23-28-14-10-11-26(3)21-28)33(39)24-37(29-17-19-30(20-18-29)38(41)42)45(43,44)31-15-8-5-9-16-31/h4-21,25,32H,22-24H2,1-3H3,(H,35,40). The highest BCUT2D eigenvalue weighted by atomic mass is 32.2. The van der Waals surface area contributed by atoms with Gasteiger partial charge in [-0.3, -0.25) is 24.0 Å². The van der Waals surface area contributed by atoms with E-state index in [4.69, 9.17) is 0 Å². The largest absolute Gasteiger partial charge is 0.352 e. The summed E-state index contributed by atoms with van der Waals surface area (Å²) in [4.78, 5) is 40.2. The summed E-state index contributed by atoms with van der Waals surface area (Å²) >= 11 is 0. The van der Waals surface area contributed by atoms with Gasteiger partial charge in [-0.05, 0) is 56.2 Å². The van der Waals surface area contributed by atoms with Crippen LogP contribution in [0.5, 0.6) is 0 Å². The third kappa shape index (κ3) is 8.54. The van der Waals surface area contributed by atoms with Gasteiger partial charge >= 0.3 is 0 Å². The lowest BCUT2D eigenvalue weighted by Crippen LogP contribution is -2.54. The van der Waals surface area contributed by atoms with Crippen molar-refractivity contribution in [1.82, 2.24) is 10.2 Å². The smallest absolute Gasteiger partial charge is 0.269 e. The van der Waals surface area contributed by atoms with Crippen LogP contribution in [0.2, 0.25) is 0 Å². The maximum absolute atomic E-state index is 14.4. The second-order valence-electron chi connectivity index (χ2n) is 11.0. The van der Waals surface area contributed by atoms with Crippen molar-refractivity contribution in [3.63, 3.8) is 0 Å².